The van der Waals surface area contributed by atoms with Crippen LogP contribution in [0.3, 0.4) is 0 Å². The van der Waals surface area contributed by atoms with E-state index in [1.54, 1.807) is 21.0 Å². The van der Waals surface area contributed by atoms with Crippen molar-refractivity contribution in [3.8, 4) is 16.9 Å². The highest BCUT2D eigenvalue weighted by atomic mass is 35.5. The molecule has 3 atom stereocenters. The molecule has 0 aliphatic heterocycles. The Balaban J connectivity index is 1.58. The first-order valence-corrected chi connectivity index (χ1v) is 16.1. The van der Waals surface area contributed by atoms with E-state index in [4.69, 9.17) is 27.9 Å². The molecule has 0 saturated heterocycles. The van der Waals surface area contributed by atoms with Crippen LogP contribution in [0.25, 0.3) is 11.1 Å². The van der Waals surface area contributed by atoms with Crippen LogP contribution in [0, 0.1) is 0 Å². The van der Waals surface area contributed by atoms with Crippen LogP contribution in [0.4, 0.5) is 0 Å². The van der Waals surface area contributed by atoms with Gasteiger partial charge in [-0.15, -0.1) is 0 Å². The van der Waals surface area contributed by atoms with Gasteiger partial charge in [-0.1, -0.05) is 77.8 Å². The molecule has 0 bridgehead atoms. The van der Waals surface area contributed by atoms with Gasteiger partial charge in [-0.05, 0) is 114 Å². The van der Waals surface area contributed by atoms with Crippen molar-refractivity contribution in [2.75, 3.05) is 7.11 Å². The number of rotatable bonds is 5. The molecule has 0 saturated carbocycles. The first kappa shape index (κ1) is 27.4. The second kappa shape index (κ2) is 10.6. The van der Waals surface area contributed by atoms with Crippen LogP contribution in [-0.4, -0.2) is 20.8 Å². The molecule has 2 aliphatic carbocycles. The number of fused-ring (bicyclic) bond motifs is 5. The van der Waals surface area contributed by atoms with Crippen LogP contribution in [0.15, 0.2) is 78.9 Å². The predicted octanol–water partition coefficient (Wildman–Crippen LogP) is 8.76. The first-order chi connectivity index (χ1) is 19.2. The van der Waals surface area contributed by atoms with E-state index in [1.165, 1.54) is 16.7 Å². The second-order valence-corrected chi connectivity index (χ2v) is 14.8. The van der Waals surface area contributed by atoms with Crippen LogP contribution < -0.4 is 4.74 Å². The summed E-state index contributed by atoms with van der Waals surface area (Å²) in [5.41, 5.74) is 8.93. The Labute approximate surface area is 247 Å². The number of methoxy groups -OCH3 is 1. The fourth-order valence-corrected chi connectivity index (χ4v) is 8.69. The van der Waals surface area contributed by atoms with Crippen molar-refractivity contribution in [2.45, 2.75) is 55.4 Å². The lowest BCUT2D eigenvalue weighted by Gasteiger charge is -2.39. The third-order valence-electron chi connectivity index (χ3n) is 8.79. The zero-order valence-corrected chi connectivity index (χ0v) is 25.2. The number of benzene rings is 4. The molecule has 0 radical (unpaired) electrons. The lowest BCUT2D eigenvalue weighted by atomic mass is 9.67. The van der Waals surface area contributed by atoms with Crippen LogP contribution >= 0.6 is 23.2 Å². The molecule has 4 aromatic rings. The Morgan fingerprint density at radius 2 is 1.50 bits per heavy atom. The van der Waals surface area contributed by atoms with Crippen molar-refractivity contribution in [3.63, 3.8) is 0 Å². The Hall–Kier alpha value is -2.79. The number of ether oxygens (including phenoxy) is 1. The maximum Gasteiger partial charge on any atom is 0.159 e. The summed E-state index contributed by atoms with van der Waals surface area (Å²) in [5, 5.41) is 0.292. The van der Waals surface area contributed by atoms with Crippen LogP contribution in [0.1, 0.15) is 64.3 Å². The summed E-state index contributed by atoms with van der Waals surface area (Å²) < 4.78 is 33.6. The van der Waals surface area contributed by atoms with Gasteiger partial charge in [0.1, 0.15) is 5.75 Å². The van der Waals surface area contributed by atoms with Gasteiger partial charge in [0.25, 0.3) is 0 Å². The Kier molecular flexibility index (Phi) is 7.23. The van der Waals surface area contributed by atoms with E-state index in [-0.39, 0.29) is 11.8 Å². The van der Waals surface area contributed by atoms with Gasteiger partial charge in [-0.3, -0.25) is 0 Å². The molecular formula is C34H32Cl2O3S. The largest absolute Gasteiger partial charge is 0.496 e. The molecule has 40 heavy (non-hydrogen) atoms. The summed E-state index contributed by atoms with van der Waals surface area (Å²) in [7, 11) is -1.73. The summed E-state index contributed by atoms with van der Waals surface area (Å²) in [6, 6.07) is 26.5. The molecule has 3 nitrogen and oxygen atoms in total. The summed E-state index contributed by atoms with van der Waals surface area (Å²) in [4.78, 5) is 0. The molecule has 6 heteroatoms. The normalized spacial score (nSPS) is 20.0. The fourth-order valence-electron chi connectivity index (χ4n) is 6.74. The summed E-state index contributed by atoms with van der Waals surface area (Å²) in [6.07, 6.45) is 1.99. The number of hydrogen-bond donors (Lipinski definition) is 0. The highest BCUT2D eigenvalue weighted by Gasteiger charge is 2.41. The molecule has 2 aliphatic rings. The van der Waals surface area contributed by atoms with Crippen LogP contribution in [-0.2, 0) is 29.1 Å². The van der Waals surface area contributed by atoms with Crippen molar-refractivity contribution in [1.29, 1.82) is 0 Å². The maximum atomic E-state index is 13.9. The van der Waals surface area contributed by atoms with E-state index in [0.29, 0.717) is 16.5 Å². The van der Waals surface area contributed by atoms with Crippen molar-refractivity contribution in [1.82, 2.24) is 0 Å². The van der Waals surface area contributed by atoms with Crippen molar-refractivity contribution in [2.24, 2.45) is 0 Å². The van der Waals surface area contributed by atoms with Gasteiger partial charge in [-0.2, -0.15) is 0 Å². The molecule has 3 unspecified atom stereocenters. The molecule has 0 heterocycles. The van der Waals surface area contributed by atoms with E-state index in [1.807, 2.05) is 36.4 Å². The van der Waals surface area contributed by atoms with Gasteiger partial charge in [0.05, 0.1) is 17.6 Å². The molecule has 206 valence electrons. The molecule has 0 N–H and O–H groups in total. The van der Waals surface area contributed by atoms with Crippen molar-refractivity contribution in [3.05, 3.63) is 122 Å². The predicted molar refractivity (Wildman–Crippen MR) is 165 cm³/mol. The Morgan fingerprint density at radius 1 is 0.775 bits per heavy atom. The van der Waals surface area contributed by atoms with E-state index in [9.17, 15) is 8.42 Å². The van der Waals surface area contributed by atoms with Gasteiger partial charge < -0.3 is 4.74 Å². The smallest absolute Gasteiger partial charge is 0.159 e. The van der Waals surface area contributed by atoms with Gasteiger partial charge in [-0.25, -0.2) is 8.42 Å². The van der Waals surface area contributed by atoms with Crippen molar-refractivity contribution >= 4 is 33.0 Å². The van der Waals surface area contributed by atoms with Gasteiger partial charge >= 0.3 is 0 Å². The molecule has 0 spiro atoms. The standard InChI is InChI=1S/C34H32Cl2O3S/c1-20(2)40(37,38)33-17-22-6-4-5-7-26(22)28-14-10-23-16-31(27-15-13-25(36)18-32(27)39-3)29(19-30(23)34(28)33)21-8-11-24(35)12-9-21/h4-15,18,20,29,31,33H,16-17,19H2,1-3H3. The van der Waals surface area contributed by atoms with Gasteiger partial charge in [0, 0.05) is 10.0 Å². The minimum atomic E-state index is -3.41. The third-order valence-corrected chi connectivity index (χ3v) is 11.8. The molecular weight excluding hydrogens is 559 g/mol. The molecule has 6 rings (SSSR count). The fraction of sp³-hybridized carbons (Fsp3) is 0.294. The zero-order valence-electron chi connectivity index (χ0n) is 22.8. The summed E-state index contributed by atoms with van der Waals surface area (Å²) in [5.74, 6) is 0.993. The quantitative estimate of drug-likeness (QED) is 0.233. The van der Waals surface area contributed by atoms with Crippen LogP contribution in [0.2, 0.25) is 10.0 Å². The summed E-state index contributed by atoms with van der Waals surface area (Å²) in [6.45, 7) is 3.59. The lowest BCUT2D eigenvalue weighted by Crippen LogP contribution is -2.30. The molecule has 4 aromatic carbocycles. The molecule has 0 amide bonds. The number of halogens is 2. The minimum absolute atomic E-state index is 0.103. The maximum absolute atomic E-state index is 13.9. The highest BCUT2D eigenvalue weighted by Crippen LogP contribution is 2.52. The monoisotopic (exact) mass is 590 g/mol. The van der Waals surface area contributed by atoms with Crippen molar-refractivity contribution < 1.29 is 13.2 Å². The highest BCUT2D eigenvalue weighted by molar-refractivity contribution is 7.92. The van der Waals surface area contributed by atoms with Crippen LogP contribution in [0.5, 0.6) is 5.75 Å². The number of hydrogen-bond acceptors (Lipinski definition) is 3. The molecule has 0 fully saturated rings. The average molecular weight is 592 g/mol. The Morgan fingerprint density at radius 3 is 2.23 bits per heavy atom. The average Bonchev–Trinajstić information content (AvgIpc) is 2.96. The third kappa shape index (κ3) is 4.64. The van der Waals surface area contributed by atoms with Gasteiger partial charge in [0.2, 0.25) is 0 Å². The zero-order chi connectivity index (χ0) is 28.2. The minimum Gasteiger partial charge on any atom is -0.496 e. The van der Waals surface area contributed by atoms with E-state index < -0.39 is 20.3 Å². The van der Waals surface area contributed by atoms with E-state index >= 15 is 0 Å². The first-order valence-electron chi connectivity index (χ1n) is 13.7. The topological polar surface area (TPSA) is 43.4 Å². The SMILES string of the molecule is COc1cc(Cl)ccc1C1Cc2ccc3c(c2CC1c1ccc(Cl)cc1)C(S(=O)(=O)C(C)C)Cc1ccccc1-3. The van der Waals surface area contributed by atoms with Gasteiger partial charge in [0.15, 0.2) is 9.84 Å². The lowest BCUT2D eigenvalue weighted by molar-refractivity contribution is 0.395. The van der Waals surface area contributed by atoms with E-state index in [0.717, 1.165) is 46.4 Å². The van der Waals surface area contributed by atoms with E-state index in [2.05, 4.69) is 42.5 Å². The number of sulfone groups is 1. The Bertz CT molecular complexity index is 1690. The second-order valence-electron chi connectivity index (χ2n) is 11.2. The molecule has 0 aromatic heterocycles. The summed E-state index contributed by atoms with van der Waals surface area (Å²) >= 11 is 12.6.